The molecule has 30 heavy (non-hydrogen) atoms. The first kappa shape index (κ1) is 18.6. The number of hydrogen-bond donors (Lipinski definition) is 0. The third kappa shape index (κ3) is 3.49. The summed E-state index contributed by atoms with van der Waals surface area (Å²) in [5, 5.41) is 3.48. The van der Waals surface area contributed by atoms with E-state index in [0.717, 1.165) is 16.5 Å². The van der Waals surface area contributed by atoms with E-state index in [1.165, 1.54) is 27.7 Å². The van der Waals surface area contributed by atoms with Gasteiger partial charge in [0.1, 0.15) is 10.6 Å². The van der Waals surface area contributed by atoms with Gasteiger partial charge < -0.3 is 4.74 Å². The SMILES string of the molecule is O=C(c1ccccc1)c1sc2ccccc2c1OCCc1cccc2ccccc12. The van der Waals surface area contributed by atoms with Crippen molar-refractivity contribution < 1.29 is 9.53 Å². The molecular formula is C27H20O2S. The van der Waals surface area contributed by atoms with E-state index < -0.39 is 0 Å². The van der Waals surface area contributed by atoms with E-state index in [1.54, 1.807) is 0 Å². The second-order valence-corrected chi connectivity index (χ2v) is 8.24. The molecule has 5 rings (SSSR count). The van der Waals surface area contributed by atoms with Gasteiger partial charge in [0.2, 0.25) is 5.78 Å². The molecule has 4 aromatic carbocycles. The smallest absolute Gasteiger partial charge is 0.206 e. The fourth-order valence-electron chi connectivity index (χ4n) is 3.81. The Morgan fingerprint density at radius 3 is 2.30 bits per heavy atom. The van der Waals surface area contributed by atoms with Crippen LogP contribution in [0.1, 0.15) is 20.8 Å². The lowest BCUT2D eigenvalue weighted by Crippen LogP contribution is -2.06. The lowest BCUT2D eigenvalue weighted by atomic mass is 10.0. The molecule has 0 aliphatic carbocycles. The van der Waals surface area contributed by atoms with Crippen molar-refractivity contribution in [3.8, 4) is 5.75 Å². The molecule has 0 atom stereocenters. The maximum Gasteiger partial charge on any atom is 0.206 e. The molecular weight excluding hydrogens is 388 g/mol. The first-order chi connectivity index (χ1) is 14.8. The van der Waals surface area contributed by atoms with Gasteiger partial charge in [0.05, 0.1) is 6.61 Å². The highest BCUT2D eigenvalue weighted by molar-refractivity contribution is 7.21. The van der Waals surface area contributed by atoms with E-state index in [2.05, 4.69) is 42.5 Å². The molecule has 0 amide bonds. The topological polar surface area (TPSA) is 26.3 Å². The Morgan fingerprint density at radius 2 is 1.43 bits per heavy atom. The van der Waals surface area contributed by atoms with E-state index in [0.29, 0.717) is 22.8 Å². The second kappa shape index (κ2) is 8.13. The van der Waals surface area contributed by atoms with E-state index in [4.69, 9.17) is 4.74 Å². The molecule has 146 valence electrons. The zero-order valence-electron chi connectivity index (χ0n) is 16.4. The van der Waals surface area contributed by atoms with Crippen molar-refractivity contribution >= 4 is 38.0 Å². The van der Waals surface area contributed by atoms with Gasteiger partial charge in [0, 0.05) is 22.1 Å². The van der Waals surface area contributed by atoms with Gasteiger partial charge in [0.25, 0.3) is 0 Å². The third-order valence-electron chi connectivity index (χ3n) is 5.29. The van der Waals surface area contributed by atoms with E-state index in [-0.39, 0.29) is 5.78 Å². The minimum atomic E-state index is 0.0111. The predicted molar refractivity (Wildman–Crippen MR) is 125 cm³/mol. The van der Waals surface area contributed by atoms with Crippen LogP contribution in [0.2, 0.25) is 0 Å². The molecule has 1 aromatic heterocycles. The molecule has 0 aliphatic heterocycles. The molecule has 0 spiro atoms. The minimum Gasteiger partial charge on any atom is -0.491 e. The molecule has 0 unspecified atom stereocenters. The van der Waals surface area contributed by atoms with E-state index in [9.17, 15) is 4.79 Å². The van der Waals surface area contributed by atoms with Crippen LogP contribution >= 0.6 is 11.3 Å². The largest absolute Gasteiger partial charge is 0.491 e. The lowest BCUT2D eigenvalue weighted by molar-refractivity contribution is 0.103. The summed E-state index contributed by atoms with van der Waals surface area (Å²) >= 11 is 1.50. The molecule has 0 saturated carbocycles. The average Bonchev–Trinajstić information content (AvgIpc) is 3.18. The van der Waals surface area contributed by atoms with Crippen LogP contribution in [-0.4, -0.2) is 12.4 Å². The molecule has 1 heterocycles. The van der Waals surface area contributed by atoms with Gasteiger partial charge >= 0.3 is 0 Å². The van der Waals surface area contributed by atoms with Gasteiger partial charge in [0.15, 0.2) is 0 Å². The molecule has 0 aliphatic rings. The maximum absolute atomic E-state index is 13.2. The summed E-state index contributed by atoms with van der Waals surface area (Å²) in [4.78, 5) is 13.8. The number of carbonyl (C=O) groups excluding carboxylic acids is 1. The zero-order valence-corrected chi connectivity index (χ0v) is 17.2. The summed E-state index contributed by atoms with van der Waals surface area (Å²) < 4.78 is 7.34. The number of carbonyl (C=O) groups is 1. The van der Waals surface area contributed by atoms with Gasteiger partial charge in [-0.2, -0.15) is 0 Å². The van der Waals surface area contributed by atoms with Gasteiger partial charge in [-0.25, -0.2) is 0 Å². The lowest BCUT2D eigenvalue weighted by Gasteiger charge is -2.10. The van der Waals surface area contributed by atoms with Crippen LogP contribution in [0.3, 0.4) is 0 Å². The Kier molecular flexibility index (Phi) is 5.04. The number of ketones is 1. The van der Waals surface area contributed by atoms with Crippen molar-refractivity contribution in [1.82, 2.24) is 0 Å². The number of rotatable bonds is 6. The Balaban J connectivity index is 1.46. The summed E-state index contributed by atoms with van der Waals surface area (Å²) in [6, 6.07) is 32.2. The Labute approximate surface area is 179 Å². The fraction of sp³-hybridized carbons (Fsp3) is 0.0741. The van der Waals surface area contributed by atoms with Crippen LogP contribution in [0.15, 0.2) is 97.1 Å². The highest BCUT2D eigenvalue weighted by atomic mass is 32.1. The summed E-state index contributed by atoms with van der Waals surface area (Å²) in [5.74, 6) is 0.710. The van der Waals surface area contributed by atoms with Crippen LogP contribution < -0.4 is 4.74 Å². The van der Waals surface area contributed by atoms with E-state index >= 15 is 0 Å². The minimum absolute atomic E-state index is 0.0111. The molecule has 3 heteroatoms. The highest BCUT2D eigenvalue weighted by Gasteiger charge is 2.21. The number of ether oxygens (including phenoxy) is 1. The number of benzene rings is 4. The molecule has 0 saturated heterocycles. The Bertz CT molecular complexity index is 1330. The Hall–Kier alpha value is -3.43. The van der Waals surface area contributed by atoms with Gasteiger partial charge in [-0.15, -0.1) is 11.3 Å². The third-order valence-corrected chi connectivity index (χ3v) is 6.44. The zero-order chi connectivity index (χ0) is 20.3. The fourth-order valence-corrected chi connectivity index (χ4v) is 4.92. The highest BCUT2D eigenvalue weighted by Crippen LogP contribution is 2.39. The van der Waals surface area contributed by atoms with Crippen molar-refractivity contribution in [3.63, 3.8) is 0 Å². The normalized spacial score (nSPS) is 11.1. The summed E-state index contributed by atoms with van der Waals surface area (Å²) in [6.45, 7) is 0.518. The Morgan fingerprint density at radius 1 is 0.733 bits per heavy atom. The van der Waals surface area contributed by atoms with Crippen molar-refractivity contribution in [2.24, 2.45) is 0 Å². The summed E-state index contributed by atoms with van der Waals surface area (Å²) in [6.07, 6.45) is 0.782. The second-order valence-electron chi connectivity index (χ2n) is 7.19. The average molecular weight is 409 g/mol. The van der Waals surface area contributed by atoms with Crippen LogP contribution in [-0.2, 0) is 6.42 Å². The standard InChI is InChI=1S/C27H20O2S/c28-25(21-10-2-1-3-11-21)27-26(23-15-6-7-16-24(23)30-27)29-18-17-20-13-8-12-19-9-4-5-14-22(19)20/h1-16H,17-18H2. The van der Waals surface area contributed by atoms with Crippen LogP contribution in [0, 0.1) is 0 Å². The van der Waals surface area contributed by atoms with Crippen LogP contribution in [0.25, 0.3) is 20.9 Å². The molecule has 0 fully saturated rings. The molecule has 2 nitrogen and oxygen atoms in total. The van der Waals surface area contributed by atoms with Crippen molar-refractivity contribution in [2.45, 2.75) is 6.42 Å². The maximum atomic E-state index is 13.2. The van der Waals surface area contributed by atoms with Crippen LogP contribution in [0.5, 0.6) is 5.75 Å². The quantitative estimate of drug-likeness (QED) is 0.285. The van der Waals surface area contributed by atoms with Gasteiger partial charge in [-0.3, -0.25) is 4.79 Å². The first-order valence-electron chi connectivity index (χ1n) is 10.0. The number of hydrogen-bond acceptors (Lipinski definition) is 3. The number of fused-ring (bicyclic) bond motifs is 2. The van der Waals surface area contributed by atoms with Gasteiger partial charge in [-0.05, 0) is 28.5 Å². The number of thiophene rings is 1. The monoisotopic (exact) mass is 408 g/mol. The molecule has 0 bridgehead atoms. The van der Waals surface area contributed by atoms with Crippen molar-refractivity contribution in [3.05, 3.63) is 113 Å². The van der Waals surface area contributed by atoms with E-state index in [1.807, 2.05) is 54.6 Å². The molecule has 0 N–H and O–H groups in total. The molecule has 0 radical (unpaired) electrons. The molecule has 5 aromatic rings. The first-order valence-corrected chi connectivity index (χ1v) is 10.8. The van der Waals surface area contributed by atoms with Gasteiger partial charge in [-0.1, -0.05) is 84.9 Å². The summed E-state index contributed by atoms with van der Waals surface area (Å²) in [7, 11) is 0. The van der Waals surface area contributed by atoms with Crippen LogP contribution in [0.4, 0.5) is 0 Å². The predicted octanol–water partition coefficient (Wildman–Crippen LogP) is 6.91. The summed E-state index contributed by atoms with van der Waals surface area (Å²) in [5.41, 5.74) is 1.94. The van der Waals surface area contributed by atoms with Crippen molar-refractivity contribution in [2.75, 3.05) is 6.61 Å². The van der Waals surface area contributed by atoms with Crippen molar-refractivity contribution in [1.29, 1.82) is 0 Å².